The van der Waals surface area contributed by atoms with E-state index in [1.54, 1.807) is 26.8 Å². The van der Waals surface area contributed by atoms with Crippen LogP contribution in [0.2, 0.25) is 19.6 Å². The molecular formula is C23H41NO5Si. The van der Waals surface area contributed by atoms with Crippen molar-refractivity contribution in [3.8, 4) is 0 Å². The van der Waals surface area contributed by atoms with Gasteiger partial charge in [-0.2, -0.15) is 0 Å². The van der Waals surface area contributed by atoms with Gasteiger partial charge in [0.2, 0.25) is 0 Å². The number of hydrogen-bond acceptors (Lipinski definition) is 6. The molecule has 2 aliphatic rings. The van der Waals surface area contributed by atoms with Gasteiger partial charge in [-0.1, -0.05) is 19.9 Å². The van der Waals surface area contributed by atoms with E-state index in [9.17, 15) is 9.59 Å². The van der Waals surface area contributed by atoms with Crippen LogP contribution in [0.5, 0.6) is 0 Å². The van der Waals surface area contributed by atoms with Crippen molar-refractivity contribution in [1.82, 2.24) is 4.90 Å². The van der Waals surface area contributed by atoms with Crippen LogP contribution in [-0.2, 0) is 23.5 Å². The van der Waals surface area contributed by atoms with Crippen LogP contribution in [0, 0.1) is 11.8 Å². The molecule has 172 valence electrons. The molecule has 2 rings (SSSR count). The lowest BCUT2D eigenvalue weighted by Crippen LogP contribution is -2.61. The second kappa shape index (κ2) is 9.96. The Balaban J connectivity index is 2.22. The highest BCUT2D eigenvalue weighted by atomic mass is 28.4. The summed E-state index contributed by atoms with van der Waals surface area (Å²) in [6, 6.07) is 0.525. The summed E-state index contributed by atoms with van der Waals surface area (Å²) < 4.78 is 18.1. The van der Waals surface area contributed by atoms with Crippen LogP contribution in [0.25, 0.3) is 0 Å². The first-order valence-electron chi connectivity index (χ1n) is 11.4. The molecule has 0 N–H and O–H groups in total. The van der Waals surface area contributed by atoms with Gasteiger partial charge in [0.15, 0.2) is 13.9 Å². The molecule has 6 nitrogen and oxygen atoms in total. The quantitative estimate of drug-likeness (QED) is 0.305. The summed E-state index contributed by atoms with van der Waals surface area (Å²) in [5.74, 6) is -0.678. The Bertz CT molecular complexity index is 656. The van der Waals surface area contributed by atoms with Crippen LogP contribution in [0.15, 0.2) is 11.6 Å². The average molecular weight is 440 g/mol. The Hall–Kier alpha value is -1.18. The van der Waals surface area contributed by atoms with Gasteiger partial charge in [-0.15, -0.1) is 0 Å². The highest BCUT2D eigenvalue weighted by molar-refractivity contribution is 6.70. The van der Waals surface area contributed by atoms with Crippen LogP contribution in [0.1, 0.15) is 53.9 Å². The number of hydrogen-bond donors (Lipinski definition) is 0. The van der Waals surface area contributed by atoms with Gasteiger partial charge in [0.1, 0.15) is 6.10 Å². The number of rotatable bonds is 9. The minimum Gasteiger partial charge on any atom is -0.463 e. The summed E-state index contributed by atoms with van der Waals surface area (Å²) in [7, 11) is -2.16. The average Bonchev–Trinajstić information content (AvgIpc) is 3.26. The number of esters is 2. The van der Waals surface area contributed by atoms with Crippen LogP contribution in [0.3, 0.4) is 0 Å². The normalized spacial score (nSPS) is 25.7. The Morgan fingerprint density at radius 2 is 1.83 bits per heavy atom. The fourth-order valence-corrected chi connectivity index (χ4v) is 6.25. The van der Waals surface area contributed by atoms with E-state index in [1.807, 2.05) is 33.5 Å². The largest absolute Gasteiger partial charge is 0.463 e. The van der Waals surface area contributed by atoms with Crippen molar-refractivity contribution in [3.05, 3.63) is 11.6 Å². The predicted molar refractivity (Wildman–Crippen MR) is 121 cm³/mol. The second-order valence-electron chi connectivity index (χ2n) is 10.1. The van der Waals surface area contributed by atoms with Crippen molar-refractivity contribution in [2.75, 3.05) is 19.7 Å². The zero-order valence-corrected chi connectivity index (χ0v) is 21.1. The monoisotopic (exact) mass is 439 g/mol. The molecule has 0 aliphatic carbocycles. The van der Waals surface area contributed by atoms with E-state index < -0.39 is 32.0 Å². The summed E-state index contributed by atoms with van der Waals surface area (Å²) in [6.45, 7) is 17.9. The van der Waals surface area contributed by atoms with E-state index in [2.05, 4.69) is 4.90 Å². The van der Waals surface area contributed by atoms with Crippen LogP contribution >= 0.6 is 0 Å². The van der Waals surface area contributed by atoms with E-state index in [1.165, 1.54) is 12.8 Å². The smallest absolute Gasteiger partial charge is 0.341 e. The molecule has 0 aromatic carbocycles. The lowest BCUT2D eigenvalue weighted by Gasteiger charge is -2.43. The van der Waals surface area contributed by atoms with E-state index in [4.69, 9.17) is 13.9 Å². The zero-order chi connectivity index (χ0) is 22.7. The highest BCUT2D eigenvalue weighted by Gasteiger charge is 2.54. The number of nitrogens with zero attached hydrogens (tertiary/aromatic N) is 1. The molecule has 0 bridgehead atoms. The zero-order valence-electron chi connectivity index (χ0n) is 20.1. The summed E-state index contributed by atoms with van der Waals surface area (Å²) in [4.78, 5) is 28.5. The van der Waals surface area contributed by atoms with Gasteiger partial charge >= 0.3 is 11.9 Å². The first-order chi connectivity index (χ1) is 13.9. The Morgan fingerprint density at radius 3 is 2.40 bits per heavy atom. The molecule has 7 heteroatoms. The number of fused-ring (bicyclic) bond motifs is 1. The van der Waals surface area contributed by atoms with Crippen molar-refractivity contribution in [2.45, 2.75) is 91.3 Å². The topological polar surface area (TPSA) is 65.1 Å². The van der Waals surface area contributed by atoms with Gasteiger partial charge in [-0.05, 0) is 78.7 Å². The first kappa shape index (κ1) is 25.1. The third-order valence-electron chi connectivity index (χ3n) is 6.47. The Kier molecular flexibility index (Phi) is 8.33. The minimum absolute atomic E-state index is 0.211. The fraction of sp³-hybridized carbons (Fsp3) is 0.826. The predicted octanol–water partition coefficient (Wildman–Crippen LogP) is 4.16. The molecule has 0 amide bonds. The van der Waals surface area contributed by atoms with E-state index in [0.29, 0.717) is 24.1 Å². The molecule has 1 unspecified atom stereocenters. The molecule has 0 saturated carbocycles. The third-order valence-corrected chi connectivity index (χ3v) is 7.42. The van der Waals surface area contributed by atoms with Crippen LogP contribution in [-0.4, -0.2) is 62.6 Å². The van der Waals surface area contributed by atoms with E-state index in [-0.39, 0.29) is 5.92 Å². The van der Waals surface area contributed by atoms with Crippen LogP contribution in [0.4, 0.5) is 0 Å². The fourth-order valence-electron chi connectivity index (χ4n) is 4.76. The molecule has 4 atom stereocenters. The van der Waals surface area contributed by atoms with Gasteiger partial charge in [0, 0.05) is 17.5 Å². The third kappa shape index (κ3) is 5.54. The maximum atomic E-state index is 13.6. The molecule has 0 radical (unpaired) electrons. The molecule has 2 fully saturated rings. The lowest BCUT2D eigenvalue weighted by molar-refractivity contribution is -0.189. The maximum Gasteiger partial charge on any atom is 0.341 e. The number of allylic oxidation sites excluding steroid dienone is 1. The molecular weight excluding hydrogens is 398 g/mol. The molecule has 30 heavy (non-hydrogen) atoms. The minimum atomic E-state index is -2.16. The molecule has 2 saturated heterocycles. The summed E-state index contributed by atoms with van der Waals surface area (Å²) in [5.41, 5.74) is -0.810. The van der Waals surface area contributed by atoms with Gasteiger partial charge in [0.05, 0.1) is 6.61 Å². The van der Waals surface area contributed by atoms with Crippen molar-refractivity contribution in [2.24, 2.45) is 11.8 Å². The molecule has 0 spiro atoms. The van der Waals surface area contributed by atoms with Crippen molar-refractivity contribution in [3.63, 3.8) is 0 Å². The van der Waals surface area contributed by atoms with Gasteiger partial charge in [-0.25, -0.2) is 9.59 Å². The first-order valence-corrected chi connectivity index (χ1v) is 14.8. The summed E-state index contributed by atoms with van der Waals surface area (Å²) >= 11 is 0. The Labute approximate surface area is 183 Å². The lowest BCUT2D eigenvalue weighted by atomic mass is 9.85. The highest BCUT2D eigenvalue weighted by Crippen LogP contribution is 2.36. The molecule has 0 aromatic heterocycles. The standard InChI is InChI=1S/C23H41NO5Si/c1-9-17(4)21(25)28-18(5)23(16(2)3,29-30(6,7)8)22(26)27-15-19-12-14-24-13-10-11-20(19)24/h9,16,18-20H,10-15H2,1-8H3/b17-9-/t18?,19-,20-,23+/m0/s1. The van der Waals surface area contributed by atoms with Crippen molar-refractivity contribution < 1.29 is 23.5 Å². The number of carbonyl (C=O) groups is 2. The number of ether oxygens (including phenoxy) is 2. The van der Waals surface area contributed by atoms with Crippen molar-refractivity contribution in [1.29, 1.82) is 0 Å². The second-order valence-corrected chi connectivity index (χ2v) is 14.5. The molecule has 0 aromatic rings. The number of carbonyl (C=O) groups excluding carboxylic acids is 2. The Morgan fingerprint density at radius 1 is 1.17 bits per heavy atom. The van der Waals surface area contributed by atoms with Gasteiger partial charge in [-0.3, -0.25) is 4.90 Å². The van der Waals surface area contributed by atoms with E-state index in [0.717, 1.165) is 19.5 Å². The molecule has 2 aliphatic heterocycles. The van der Waals surface area contributed by atoms with Gasteiger partial charge in [0.25, 0.3) is 0 Å². The summed E-state index contributed by atoms with van der Waals surface area (Å²) in [5, 5.41) is 0. The van der Waals surface area contributed by atoms with Crippen LogP contribution < -0.4 is 0 Å². The van der Waals surface area contributed by atoms with Gasteiger partial charge < -0.3 is 13.9 Å². The van der Waals surface area contributed by atoms with E-state index >= 15 is 0 Å². The van der Waals surface area contributed by atoms with Crippen molar-refractivity contribution >= 4 is 20.3 Å². The maximum absolute atomic E-state index is 13.6. The SMILES string of the molecule is C/C=C(/C)C(=O)OC(C)[C@@](O[Si](C)(C)C)(C(=O)OC[C@@H]1CCN2CCC[C@@H]12)C(C)C. The summed E-state index contributed by atoms with van der Waals surface area (Å²) in [6.07, 6.45) is 4.41. The molecule has 2 heterocycles.